The molecular formula is C14H22N2O3. The smallest absolute Gasteiger partial charge is 0.321 e. The summed E-state index contributed by atoms with van der Waals surface area (Å²) < 4.78 is 0. The minimum absolute atomic E-state index is 0.0265. The van der Waals surface area contributed by atoms with Crippen molar-refractivity contribution < 1.29 is 15.0 Å². The summed E-state index contributed by atoms with van der Waals surface area (Å²) in [6, 6.07) is 5.48. The lowest BCUT2D eigenvalue weighted by atomic mass is 10.1. The number of amides is 2. The maximum Gasteiger partial charge on any atom is 0.321 e. The van der Waals surface area contributed by atoms with Gasteiger partial charge in [-0.2, -0.15) is 0 Å². The molecule has 0 aromatic heterocycles. The first-order valence-electron chi connectivity index (χ1n) is 6.44. The normalized spacial score (nSPS) is 10.3. The van der Waals surface area contributed by atoms with Crippen LogP contribution in [0.5, 0.6) is 0 Å². The largest absolute Gasteiger partial charge is 0.396 e. The summed E-state index contributed by atoms with van der Waals surface area (Å²) in [6.07, 6.45) is 0.500. The number of anilines is 1. The molecule has 0 bridgehead atoms. The minimum atomic E-state index is -0.254. The highest BCUT2D eigenvalue weighted by molar-refractivity contribution is 5.90. The van der Waals surface area contributed by atoms with Crippen molar-refractivity contribution in [2.24, 2.45) is 0 Å². The second-order valence-corrected chi connectivity index (χ2v) is 4.47. The van der Waals surface area contributed by atoms with Crippen LogP contribution in [0.15, 0.2) is 18.2 Å². The summed E-state index contributed by atoms with van der Waals surface area (Å²) in [7, 11) is 0. The predicted octanol–water partition coefficient (Wildman–Crippen LogP) is 1.51. The van der Waals surface area contributed by atoms with Crippen molar-refractivity contribution in [3.8, 4) is 0 Å². The third kappa shape index (κ3) is 4.54. The lowest BCUT2D eigenvalue weighted by Gasteiger charge is -2.22. The topological polar surface area (TPSA) is 72.8 Å². The Balaban J connectivity index is 2.72. The summed E-state index contributed by atoms with van der Waals surface area (Å²) in [6.45, 7) is 4.56. The van der Waals surface area contributed by atoms with Gasteiger partial charge in [-0.1, -0.05) is 12.1 Å². The van der Waals surface area contributed by atoms with Gasteiger partial charge in [0.15, 0.2) is 0 Å². The Morgan fingerprint density at radius 1 is 1.21 bits per heavy atom. The van der Waals surface area contributed by atoms with Crippen molar-refractivity contribution in [1.29, 1.82) is 0 Å². The molecule has 0 saturated heterocycles. The van der Waals surface area contributed by atoms with Crippen LogP contribution in [0.4, 0.5) is 10.5 Å². The van der Waals surface area contributed by atoms with E-state index in [1.165, 1.54) is 4.90 Å². The number of carbonyl (C=O) groups is 1. The molecule has 3 N–H and O–H groups in total. The molecule has 5 nitrogen and oxygen atoms in total. The Morgan fingerprint density at radius 3 is 2.58 bits per heavy atom. The molecule has 1 aromatic rings. The second kappa shape index (κ2) is 7.76. The van der Waals surface area contributed by atoms with Gasteiger partial charge in [-0.05, 0) is 37.5 Å². The fourth-order valence-electron chi connectivity index (χ4n) is 1.78. The molecule has 0 fully saturated rings. The van der Waals surface area contributed by atoms with Gasteiger partial charge in [0.1, 0.15) is 0 Å². The molecule has 0 unspecified atom stereocenters. The molecule has 1 rings (SSSR count). The second-order valence-electron chi connectivity index (χ2n) is 4.47. The Labute approximate surface area is 113 Å². The lowest BCUT2D eigenvalue weighted by molar-refractivity contribution is 0.180. The molecule has 106 valence electrons. The van der Waals surface area contributed by atoms with E-state index in [1.54, 1.807) is 0 Å². The van der Waals surface area contributed by atoms with Crippen LogP contribution in [0.25, 0.3) is 0 Å². The van der Waals surface area contributed by atoms with Crippen LogP contribution >= 0.6 is 0 Å². The maximum absolute atomic E-state index is 12.1. The number of aliphatic hydroxyl groups excluding tert-OH is 2. The molecule has 0 radical (unpaired) electrons. The summed E-state index contributed by atoms with van der Waals surface area (Å²) in [5.74, 6) is 0. The fraction of sp³-hybridized carbons (Fsp3) is 0.500. The maximum atomic E-state index is 12.1. The van der Waals surface area contributed by atoms with Crippen molar-refractivity contribution in [2.75, 3.05) is 31.6 Å². The van der Waals surface area contributed by atoms with E-state index < -0.39 is 0 Å². The summed E-state index contributed by atoms with van der Waals surface area (Å²) >= 11 is 0. The van der Waals surface area contributed by atoms with Crippen LogP contribution in [0, 0.1) is 13.8 Å². The zero-order valence-corrected chi connectivity index (χ0v) is 11.5. The predicted molar refractivity (Wildman–Crippen MR) is 75.3 cm³/mol. The number of aliphatic hydroxyl groups is 2. The van der Waals surface area contributed by atoms with E-state index >= 15 is 0 Å². The average Bonchev–Trinajstić information content (AvgIpc) is 2.39. The van der Waals surface area contributed by atoms with Gasteiger partial charge in [-0.25, -0.2) is 4.79 Å². The van der Waals surface area contributed by atoms with Crippen molar-refractivity contribution >= 4 is 11.7 Å². The molecule has 19 heavy (non-hydrogen) atoms. The van der Waals surface area contributed by atoms with Crippen molar-refractivity contribution in [3.63, 3.8) is 0 Å². The molecule has 0 aliphatic carbocycles. The number of benzene rings is 1. The summed E-state index contributed by atoms with van der Waals surface area (Å²) in [5, 5.41) is 20.6. The first-order valence-corrected chi connectivity index (χ1v) is 6.44. The van der Waals surface area contributed by atoms with Gasteiger partial charge in [0.2, 0.25) is 0 Å². The van der Waals surface area contributed by atoms with Gasteiger partial charge >= 0.3 is 6.03 Å². The van der Waals surface area contributed by atoms with E-state index in [2.05, 4.69) is 5.32 Å². The molecule has 1 aromatic carbocycles. The van der Waals surface area contributed by atoms with Crippen LogP contribution < -0.4 is 5.32 Å². The molecule has 0 heterocycles. The number of hydrogen-bond acceptors (Lipinski definition) is 3. The molecule has 2 amide bonds. The van der Waals surface area contributed by atoms with Crippen LogP contribution in [0.3, 0.4) is 0 Å². The number of carbonyl (C=O) groups excluding carboxylic acids is 1. The molecule has 0 saturated carbocycles. The highest BCUT2D eigenvalue weighted by atomic mass is 16.3. The first-order chi connectivity index (χ1) is 9.10. The van der Waals surface area contributed by atoms with E-state index in [0.29, 0.717) is 13.0 Å². The molecule has 0 atom stereocenters. The van der Waals surface area contributed by atoms with Crippen LogP contribution in [0.1, 0.15) is 17.5 Å². The van der Waals surface area contributed by atoms with Gasteiger partial charge in [0, 0.05) is 25.4 Å². The molecule has 0 aliphatic rings. The van der Waals surface area contributed by atoms with Gasteiger partial charge in [-0.15, -0.1) is 0 Å². The van der Waals surface area contributed by atoms with Crippen molar-refractivity contribution in [3.05, 3.63) is 29.3 Å². The van der Waals surface area contributed by atoms with Crippen molar-refractivity contribution in [1.82, 2.24) is 4.90 Å². The quantitative estimate of drug-likeness (QED) is 0.731. The highest BCUT2D eigenvalue weighted by Gasteiger charge is 2.13. The number of nitrogens with one attached hydrogen (secondary N) is 1. The van der Waals surface area contributed by atoms with Crippen LogP contribution in [0.2, 0.25) is 0 Å². The Bertz CT molecular complexity index is 421. The van der Waals surface area contributed by atoms with Gasteiger partial charge in [0.05, 0.1) is 6.61 Å². The third-order valence-corrected chi connectivity index (χ3v) is 3.09. The van der Waals surface area contributed by atoms with Crippen LogP contribution in [-0.4, -0.2) is 47.4 Å². The Morgan fingerprint density at radius 2 is 1.95 bits per heavy atom. The number of urea groups is 1. The van der Waals surface area contributed by atoms with E-state index in [4.69, 9.17) is 10.2 Å². The van der Waals surface area contributed by atoms with Crippen LogP contribution in [-0.2, 0) is 0 Å². The Kier molecular flexibility index (Phi) is 6.32. The van der Waals surface area contributed by atoms with Gasteiger partial charge in [-0.3, -0.25) is 0 Å². The zero-order valence-electron chi connectivity index (χ0n) is 11.5. The Hall–Kier alpha value is -1.59. The van der Waals surface area contributed by atoms with E-state index in [1.807, 2.05) is 32.0 Å². The van der Waals surface area contributed by atoms with E-state index in [9.17, 15) is 4.79 Å². The highest BCUT2D eigenvalue weighted by Crippen LogP contribution is 2.18. The number of aryl methyl sites for hydroxylation is 1. The number of rotatable bonds is 6. The fourth-order valence-corrected chi connectivity index (χ4v) is 1.78. The zero-order chi connectivity index (χ0) is 14.3. The SMILES string of the molecule is Cc1cccc(NC(=O)N(CCO)CCCO)c1C. The minimum Gasteiger partial charge on any atom is -0.396 e. The summed E-state index contributed by atoms with van der Waals surface area (Å²) in [5.41, 5.74) is 2.92. The monoisotopic (exact) mass is 266 g/mol. The summed E-state index contributed by atoms with van der Waals surface area (Å²) in [4.78, 5) is 13.6. The van der Waals surface area contributed by atoms with E-state index in [-0.39, 0.29) is 25.8 Å². The van der Waals surface area contributed by atoms with Crippen molar-refractivity contribution in [2.45, 2.75) is 20.3 Å². The third-order valence-electron chi connectivity index (χ3n) is 3.09. The lowest BCUT2D eigenvalue weighted by Crippen LogP contribution is -2.38. The van der Waals surface area contributed by atoms with Gasteiger partial charge < -0.3 is 20.4 Å². The molecule has 0 spiro atoms. The number of hydrogen-bond donors (Lipinski definition) is 3. The van der Waals surface area contributed by atoms with E-state index in [0.717, 1.165) is 16.8 Å². The number of nitrogens with zero attached hydrogens (tertiary/aromatic N) is 1. The standard InChI is InChI=1S/C14H22N2O3/c1-11-5-3-6-13(12(11)2)15-14(19)16(8-10-18)7-4-9-17/h3,5-6,17-18H,4,7-10H2,1-2H3,(H,15,19). The first kappa shape index (κ1) is 15.5. The molecule has 0 aliphatic heterocycles. The molecular weight excluding hydrogens is 244 g/mol. The average molecular weight is 266 g/mol. The van der Waals surface area contributed by atoms with Gasteiger partial charge in [0.25, 0.3) is 0 Å². The molecule has 5 heteroatoms.